The second-order valence-corrected chi connectivity index (χ2v) is 5.03. The summed E-state index contributed by atoms with van der Waals surface area (Å²) in [6.07, 6.45) is 3.07. The summed E-state index contributed by atoms with van der Waals surface area (Å²) in [5, 5.41) is 9.37. The van der Waals surface area contributed by atoms with Crippen LogP contribution in [0.5, 0.6) is 0 Å². The van der Waals surface area contributed by atoms with Crippen LogP contribution in [-0.4, -0.2) is 24.3 Å². The Hall–Kier alpha value is -1.13. The first kappa shape index (κ1) is 13.3. The summed E-state index contributed by atoms with van der Waals surface area (Å²) in [6, 6.07) is 5.02. The fraction of sp³-hybridized carbons (Fsp3) is 0.571. The Bertz CT molecular complexity index is 409. The van der Waals surface area contributed by atoms with Gasteiger partial charge in [0.15, 0.2) is 0 Å². The van der Waals surface area contributed by atoms with E-state index in [1.807, 2.05) is 17.9 Å². The number of hydrogen-bond acceptors (Lipinski definition) is 3. The molecule has 18 heavy (non-hydrogen) atoms. The van der Waals surface area contributed by atoms with Crippen molar-refractivity contribution in [2.45, 2.75) is 38.3 Å². The molecule has 1 aromatic carbocycles. The number of piperidine rings is 1. The van der Waals surface area contributed by atoms with Gasteiger partial charge in [0.25, 0.3) is 0 Å². The molecule has 0 spiro atoms. The number of nitrogens with zero attached hydrogens (tertiary/aromatic N) is 1. The molecular weight excluding hydrogens is 231 g/mol. The van der Waals surface area contributed by atoms with Crippen molar-refractivity contribution in [1.82, 2.24) is 0 Å². The Morgan fingerprint density at radius 1 is 1.50 bits per heavy atom. The summed E-state index contributed by atoms with van der Waals surface area (Å²) in [5.74, 6) is -0.245. The topological polar surface area (TPSA) is 49.5 Å². The molecule has 1 aliphatic heterocycles. The van der Waals surface area contributed by atoms with E-state index >= 15 is 0 Å². The molecule has 4 heteroatoms. The molecule has 100 valence electrons. The lowest BCUT2D eigenvalue weighted by Gasteiger charge is -2.36. The number of benzene rings is 1. The first-order valence-corrected chi connectivity index (χ1v) is 6.56. The van der Waals surface area contributed by atoms with Crippen molar-refractivity contribution in [1.29, 1.82) is 0 Å². The highest BCUT2D eigenvalue weighted by Crippen LogP contribution is 2.28. The molecule has 3 N–H and O–H groups in total. The summed E-state index contributed by atoms with van der Waals surface area (Å²) < 4.78 is 14.1. The van der Waals surface area contributed by atoms with Crippen LogP contribution in [0.15, 0.2) is 18.2 Å². The van der Waals surface area contributed by atoms with Gasteiger partial charge >= 0.3 is 0 Å². The van der Waals surface area contributed by atoms with Crippen molar-refractivity contribution in [2.24, 2.45) is 5.73 Å². The maximum Gasteiger partial charge on any atom is 0.146 e. The van der Waals surface area contributed by atoms with Crippen LogP contribution in [0.25, 0.3) is 0 Å². The van der Waals surface area contributed by atoms with Crippen molar-refractivity contribution in [3.63, 3.8) is 0 Å². The van der Waals surface area contributed by atoms with E-state index in [1.54, 1.807) is 6.07 Å². The van der Waals surface area contributed by atoms with Gasteiger partial charge in [0.1, 0.15) is 5.82 Å². The van der Waals surface area contributed by atoms with E-state index in [9.17, 15) is 9.50 Å². The molecule has 2 rings (SSSR count). The van der Waals surface area contributed by atoms with Gasteiger partial charge in [0.05, 0.1) is 18.3 Å². The van der Waals surface area contributed by atoms with E-state index in [0.29, 0.717) is 5.69 Å². The van der Waals surface area contributed by atoms with Gasteiger partial charge in [-0.25, -0.2) is 4.39 Å². The quantitative estimate of drug-likeness (QED) is 0.867. The van der Waals surface area contributed by atoms with Gasteiger partial charge < -0.3 is 15.7 Å². The largest absolute Gasteiger partial charge is 0.394 e. The molecule has 3 nitrogen and oxygen atoms in total. The van der Waals surface area contributed by atoms with Crippen LogP contribution >= 0.6 is 0 Å². The molecule has 1 heterocycles. The number of hydrogen-bond donors (Lipinski definition) is 2. The van der Waals surface area contributed by atoms with Crippen LogP contribution in [0.4, 0.5) is 10.1 Å². The standard InChI is InChI=1S/C14H21FN2O/c1-10(16)11-5-6-14(13(15)8-11)17-7-3-2-4-12(17)9-18/h5-6,8,10,12,18H,2-4,7,9,16H2,1H3. The minimum atomic E-state index is -0.245. The Morgan fingerprint density at radius 2 is 2.28 bits per heavy atom. The van der Waals surface area contributed by atoms with Gasteiger partial charge in [0.2, 0.25) is 0 Å². The SMILES string of the molecule is CC(N)c1ccc(N2CCCCC2CO)c(F)c1. The minimum Gasteiger partial charge on any atom is -0.394 e. The van der Waals surface area contributed by atoms with E-state index in [0.717, 1.165) is 31.4 Å². The van der Waals surface area contributed by atoms with Crippen LogP contribution in [0.3, 0.4) is 0 Å². The molecule has 0 aromatic heterocycles. The van der Waals surface area contributed by atoms with Gasteiger partial charge in [-0.2, -0.15) is 0 Å². The van der Waals surface area contributed by atoms with Crippen molar-refractivity contribution >= 4 is 5.69 Å². The summed E-state index contributed by atoms with van der Waals surface area (Å²) in [5.41, 5.74) is 7.13. The van der Waals surface area contributed by atoms with Crippen LogP contribution in [0.2, 0.25) is 0 Å². The third kappa shape index (κ3) is 2.65. The molecule has 0 radical (unpaired) electrons. The van der Waals surface area contributed by atoms with Crippen LogP contribution in [0, 0.1) is 5.82 Å². The highest BCUT2D eigenvalue weighted by molar-refractivity contribution is 5.51. The lowest BCUT2D eigenvalue weighted by Crippen LogP contribution is -2.42. The number of nitrogens with two attached hydrogens (primary N) is 1. The number of halogens is 1. The van der Waals surface area contributed by atoms with Crippen LogP contribution in [-0.2, 0) is 0 Å². The summed E-state index contributed by atoms with van der Waals surface area (Å²) >= 11 is 0. The highest BCUT2D eigenvalue weighted by atomic mass is 19.1. The molecule has 0 saturated carbocycles. The fourth-order valence-corrected chi connectivity index (χ4v) is 2.55. The monoisotopic (exact) mass is 252 g/mol. The first-order valence-electron chi connectivity index (χ1n) is 6.56. The third-order valence-electron chi connectivity index (χ3n) is 3.64. The number of rotatable bonds is 3. The Labute approximate surface area is 107 Å². The smallest absolute Gasteiger partial charge is 0.146 e. The molecule has 1 aromatic rings. The van der Waals surface area contributed by atoms with Gasteiger partial charge in [0, 0.05) is 12.6 Å². The molecule has 1 aliphatic rings. The number of aliphatic hydroxyl groups is 1. The molecule has 2 atom stereocenters. The zero-order valence-corrected chi connectivity index (χ0v) is 10.8. The number of aliphatic hydroxyl groups excluding tert-OH is 1. The molecule has 2 unspecified atom stereocenters. The second kappa shape index (κ2) is 5.67. The van der Waals surface area contributed by atoms with Crippen LogP contribution in [0.1, 0.15) is 37.8 Å². The summed E-state index contributed by atoms with van der Waals surface area (Å²) in [4.78, 5) is 1.98. The predicted molar refractivity (Wildman–Crippen MR) is 71.1 cm³/mol. The zero-order valence-electron chi connectivity index (χ0n) is 10.8. The Morgan fingerprint density at radius 3 is 2.89 bits per heavy atom. The maximum atomic E-state index is 14.1. The molecule has 0 bridgehead atoms. The number of anilines is 1. The molecule has 0 amide bonds. The van der Waals surface area contributed by atoms with E-state index in [4.69, 9.17) is 5.73 Å². The van der Waals surface area contributed by atoms with E-state index in [-0.39, 0.29) is 24.5 Å². The van der Waals surface area contributed by atoms with Crippen molar-refractivity contribution in [3.8, 4) is 0 Å². The highest BCUT2D eigenvalue weighted by Gasteiger charge is 2.24. The lowest BCUT2D eigenvalue weighted by molar-refractivity contribution is 0.239. The normalized spacial score (nSPS) is 22.0. The van der Waals surface area contributed by atoms with Gasteiger partial charge in [-0.05, 0) is 43.9 Å². The molecule has 1 saturated heterocycles. The maximum absolute atomic E-state index is 14.1. The van der Waals surface area contributed by atoms with Gasteiger partial charge in [-0.1, -0.05) is 6.07 Å². The third-order valence-corrected chi connectivity index (χ3v) is 3.64. The average Bonchev–Trinajstić information content (AvgIpc) is 2.38. The molecular formula is C14H21FN2O. The Kier molecular flexibility index (Phi) is 4.19. The van der Waals surface area contributed by atoms with Crippen molar-refractivity contribution in [3.05, 3.63) is 29.6 Å². The van der Waals surface area contributed by atoms with E-state index in [1.165, 1.54) is 6.07 Å². The average molecular weight is 252 g/mol. The van der Waals surface area contributed by atoms with E-state index < -0.39 is 0 Å². The molecule has 1 fully saturated rings. The zero-order chi connectivity index (χ0) is 13.1. The predicted octanol–water partition coefficient (Wildman–Crippen LogP) is 2.20. The summed E-state index contributed by atoms with van der Waals surface area (Å²) in [6.45, 7) is 2.72. The van der Waals surface area contributed by atoms with Crippen molar-refractivity contribution < 1.29 is 9.50 Å². The van der Waals surface area contributed by atoms with E-state index in [2.05, 4.69) is 0 Å². The second-order valence-electron chi connectivity index (χ2n) is 5.03. The van der Waals surface area contributed by atoms with Crippen molar-refractivity contribution in [2.75, 3.05) is 18.1 Å². The van der Waals surface area contributed by atoms with Gasteiger partial charge in [-0.3, -0.25) is 0 Å². The summed E-state index contributed by atoms with van der Waals surface area (Å²) in [7, 11) is 0. The molecule has 0 aliphatic carbocycles. The minimum absolute atomic E-state index is 0.0365. The van der Waals surface area contributed by atoms with Crippen LogP contribution < -0.4 is 10.6 Å². The Balaban J connectivity index is 2.26. The first-order chi connectivity index (χ1) is 8.63. The lowest BCUT2D eigenvalue weighted by atomic mass is 10.0. The fourth-order valence-electron chi connectivity index (χ4n) is 2.55. The van der Waals surface area contributed by atoms with Gasteiger partial charge in [-0.15, -0.1) is 0 Å².